The standard InChI is InChI=1S/C16H14F3N7O/c1-7-9(12(20)13(21)15(23-7)26-27)5-8-3-2-4-11(24-8)10-6-22-25-14(10)16(17,18)19/h2-4,6,21,27H,5,20H2,1H3,(H,22,25)/b21-13?,26-15+. The zero-order valence-corrected chi connectivity index (χ0v) is 14.0. The molecule has 0 amide bonds. The van der Waals surface area contributed by atoms with Gasteiger partial charge in [0.15, 0.2) is 5.69 Å². The zero-order chi connectivity index (χ0) is 19.8. The van der Waals surface area contributed by atoms with E-state index in [9.17, 15) is 13.2 Å². The Morgan fingerprint density at radius 3 is 2.74 bits per heavy atom. The highest BCUT2D eigenvalue weighted by molar-refractivity contribution is 6.50. The first kappa shape index (κ1) is 18.3. The second kappa shape index (κ2) is 6.67. The number of nitrogens with zero attached hydrogens (tertiary/aromatic N) is 4. The molecule has 27 heavy (non-hydrogen) atoms. The minimum absolute atomic E-state index is 0.0711. The van der Waals surface area contributed by atoms with Crippen molar-refractivity contribution in [3.05, 3.63) is 47.1 Å². The van der Waals surface area contributed by atoms with Crippen LogP contribution in [0.4, 0.5) is 13.2 Å². The highest BCUT2D eigenvalue weighted by Crippen LogP contribution is 2.34. The van der Waals surface area contributed by atoms with Crippen LogP contribution in [0.2, 0.25) is 0 Å². The highest BCUT2D eigenvalue weighted by atomic mass is 19.4. The predicted octanol–water partition coefficient (Wildman–Crippen LogP) is 2.53. The molecule has 8 nitrogen and oxygen atoms in total. The van der Waals surface area contributed by atoms with Crippen LogP contribution in [0.25, 0.3) is 11.3 Å². The number of pyridine rings is 1. The first-order valence-electron chi connectivity index (χ1n) is 7.65. The number of oxime groups is 1. The Labute approximate surface area is 150 Å². The SMILES string of the molecule is CC1=N/C(=N/O)C(=N)C(N)=C1Cc1cccc(-c2c[nH]nc2C(F)(F)F)n1. The molecule has 0 bridgehead atoms. The van der Waals surface area contributed by atoms with Crippen molar-refractivity contribution >= 4 is 17.3 Å². The van der Waals surface area contributed by atoms with Gasteiger partial charge in [0.05, 0.1) is 17.0 Å². The minimum atomic E-state index is -4.61. The molecular weight excluding hydrogens is 363 g/mol. The molecule has 0 aromatic carbocycles. The molecule has 3 heterocycles. The fourth-order valence-electron chi connectivity index (χ4n) is 2.65. The molecule has 2 aromatic rings. The van der Waals surface area contributed by atoms with Crippen LogP contribution >= 0.6 is 0 Å². The maximum atomic E-state index is 13.1. The molecule has 0 saturated heterocycles. The number of hydrogen-bond acceptors (Lipinski definition) is 6. The van der Waals surface area contributed by atoms with Crippen molar-refractivity contribution < 1.29 is 18.4 Å². The van der Waals surface area contributed by atoms with E-state index in [0.717, 1.165) is 6.20 Å². The smallest absolute Gasteiger partial charge is 0.409 e. The van der Waals surface area contributed by atoms with Gasteiger partial charge < -0.3 is 10.9 Å². The summed E-state index contributed by atoms with van der Waals surface area (Å²) in [5.74, 6) is -0.205. The normalized spacial score (nSPS) is 16.8. The first-order valence-corrected chi connectivity index (χ1v) is 7.65. The number of alkyl halides is 3. The third-order valence-electron chi connectivity index (χ3n) is 3.97. The van der Waals surface area contributed by atoms with Gasteiger partial charge in [0.1, 0.15) is 5.71 Å². The Kier molecular flexibility index (Phi) is 4.52. The van der Waals surface area contributed by atoms with Gasteiger partial charge in [-0.3, -0.25) is 15.5 Å². The summed E-state index contributed by atoms with van der Waals surface area (Å²) in [7, 11) is 0. The Hall–Kier alpha value is -3.50. The number of rotatable bonds is 3. The lowest BCUT2D eigenvalue weighted by molar-refractivity contribution is -0.140. The van der Waals surface area contributed by atoms with Crippen molar-refractivity contribution in [2.45, 2.75) is 19.5 Å². The Bertz CT molecular complexity index is 1000. The van der Waals surface area contributed by atoms with Gasteiger partial charge in [-0.15, -0.1) is 0 Å². The molecule has 3 rings (SSSR count). The van der Waals surface area contributed by atoms with E-state index >= 15 is 0 Å². The molecule has 2 aromatic heterocycles. The van der Waals surface area contributed by atoms with Crippen LogP contribution in [-0.4, -0.2) is 37.6 Å². The molecule has 140 valence electrons. The largest absolute Gasteiger partial charge is 0.435 e. The van der Waals surface area contributed by atoms with Crippen molar-refractivity contribution in [1.29, 1.82) is 5.41 Å². The Balaban J connectivity index is 1.97. The number of nitrogens with two attached hydrogens (primary N) is 1. The number of H-pyrrole nitrogens is 1. The van der Waals surface area contributed by atoms with Gasteiger partial charge in [-0.25, -0.2) is 4.99 Å². The summed E-state index contributed by atoms with van der Waals surface area (Å²) < 4.78 is 39.2. The van der Waals surface area contributed by atoms with Gasteiger partial charge in [0.25, 0.3) is 0 Å². The molecule has 0 unspecified atom stereocenters. The number of aromatic amines is 1. The van der Waals surface area contributed by atoms with E-state index < -0.39 is 11.9 Å². The van der Waals surface area contributed by atoms with Crippen LogP contribution in [0.5, 0.6) is 0 Å². The first-order chi connectivity index (χ1) is 12.7. The third kappa shape index (κ3) is 3.43. The zero-order valence-electron chi connectivity index (χ0n) is 14.0. The average molecular weight is 377 g/mol. The summed E-state index contributed by atoms with van der Waals surface area (Å²) in [5, 5.41) is 25.1. The number of halogens is 3. The van der Waals surface area contributed by atoms with Crippen LogP contribution in [-0.2, 0) is 12.6 Å². The molecule has 0 spiro atoms. The number of aromatic nitrogens is 3. The summed E-state index contributed by atoms with van der Waals surface area (Å²) in [6, 6.07) is 4.65. The summed E-state index contributed by atoms with van der Waals surface area (Å²) >= 11 is 0. The topological polar surface area (TPSA) is 136 Å². The lowest BCUT2D eigenvalue weighted by atomic mass is 9.97. The maximum Gasteiger partial charge on any atom is 0.435 e. The van der Waals surface area contributed by atoms with Gasteiger partial charge in [-0.1, -0.05) is 11.2 Å². The highest BCUT2D eigenvalue weighted by Gasteiger charge is 2.37. The van der Waals surface area contributed by atoms with Crippen LogP contribution < -0.4 is 5.73 Å². The summed E-state index contributed by atoms with van der Waals surface area (Å²) in [4.78, 5) is 8.25. The van der Waals surface area contributed by atoms with E-state index in [1.807, 2.05) is 0 Å². The van der Waals surface area contributed by atoms with Crippen LogP contribution in [0, 0.1) is 5.41 Å². The van der Waals surface area contributed by atoms with Gasteiger partial charge in [-0.2, -0.15) is 18.3 Å². The van der Waals surface area contributed by atoms with E-state index in [1.54, 1.807) is 19.1 Å². The number of nitrogens with one attached hydrogen (secondary N) is 2. The molecule has 0 saturated carbocycles. The molecule has 0 radical (unpaired) electrons. The third-order valence-corrected chi connectivity index (χ3v) is 3.97. The number of amidine groups is 1. The Morgan fingerprint density at radius 1 is 1.33 bits per heavy atom. The lowest BCUT2D eigenvalue weighted by Crippen LogP contribution is -2.29. The van der Waals surface area contributed by atoms with Crippen molar-refractivity contribution in [2.24, 2.45) is 15.9 Å². The summed E-state index contributed by atoms with van der Waals surface area (Å²) in [6.07, 6.45) is -3.33. The average Bonchev–Trinajstić information content (AvgIpc) is 3.12. The molecule has 0 fully saturated rings. The van der Waals surface area contributed by atoms with E-state index in [0.29, 0.717) is 17.0 Å². The van der Waals surface area contributed by atoms with Gasteiger partial charge in [0, 0.05) is 29.6 Å². The van der Waals surface area contributed by atoms with Crippen molar-refractivity contribution in [1.82, 2.24) is 15.2 Å². The molecule has 11 heteroatoms. The second-order valence-corrected chi connectivity index (χ2v) is 5.72. The van der Waals surface area contributed by atoms with Crippen molar-refractivity contribution in [2.75, 3.05) is 0 Å². The molecule has 1 aliphatic rings. The van der Waals surface area contributed by atoms with Crippen molar-refractivity contribution in [3.8, 4) is 11.3 Å². The molecule has 1 aliphatic heterocycles. The molecule has 5 N–H and O–H groups in total. The quantitative estimate of drug-likeness (QED) is 0.482. The van der Waals surface area contributed by atoms with E-state index in [-0.39, 0.29) is 34.9 Å². The van der Waals surface area contributed by atoms with Crippen LogP contribution in [0.1, 0.15) is 18.3 Å². The summed E-state index contributed by atoms with van der Waals surface area (Å²) in [6.45, 7) is 1.63. The van der Waals surface area contributed by atoms with Gasteiger partial charge >= 0.3 is 6.18 Å². The van der Waals surface area contributed by atoms with E-state index in [2.05, 4.69) is 25.3 Å². The fourth-order valence-corrected chi connectivity index (χ4v) is 2.65. The van der Waals surface area contributed by atoms with E-state index in [1.165, 1.54) is 6.07 Å². The summed E-state index contributed by atoms with van der Waals surface area (Å²) in [5.41, 5.74) is 6.01. The van der Waals surface area contributed by atoms with Gasteiger partial charge in [0.2, 0.25) is 5.84 Å². The molecule has 0 atom stereocenters. The van der Waals surface area contributed by atoms with Crippen LogP contribution in [0.15, 0.2) is 45.8 Å². The van der Waals surface area contributed by atoms with Crippen molar-refractivity contribution in [3.63, 3.8) is 0 Å². The van der Waals surface area contributed by atoms with E-state index in [4.69, 9.17) is 16.4 Å². The number of allylic oxidation sites excluding steroid dienone is 1. The number of hydrogen-bond donors (Lipinski definition) is 4. The predicted molar refractivity (Wildman–Crippen MR) is 91.8 cm³/mol. The molecule has 0 aliphatic carbocycles. The fraction of sp³-hybridized carbons (Fsp3) is 0.188. The number of dihydropyridines is 1. The monoisotopic (exact) mass is 377 g/mol. The minimum Gasteiger partial charge on any atom is -0.409 e. The van der Waals surface area contributed by atoms with Gasteiger partial charge in [-0.05, 0) is 19.1 Å². The number of aliphatic imine (C=N–C) groups is 1. The van der Waals surface area contributed by atoms with Crippen LogP contribution in [0.3, 0.4) is 0 Å². The molecular formula is C16H14F3N7O. The second-order valence-electron chi connectivity index (χ2n) is 5.72. The maximum absolute atomic E-state index is 13.1. The lowest BCUT2D eigenvalue weighted by Gasteiger charge is -2.17. The Morgan fingerprint density at radius 2 is 2.07 bits per heavy atom.